The van der Waals surface area contributed by atoms with E-state index in [0.717, 1.165) is 5.56 Å². The highest BCUT2D eigenvalue weighted by Gasteiger charge is 2.21. The Morgan fingerprint density at radius 1 is 1.04 bits per heavy atom. The number of anilines is 1. The van der Waals surface area contributed by atoms with Crippen molar-refractivity contribution in [3.05, 3.63) is 84.3 Å². The lowest BCUT2D eigenvalue weighted by Crippen LogP contribution is -2.26. The van der Waals surface area contributed by atoms with E-state index in [9.17, 15) is 13.2 Å². The standard InChI is InChI=1S/C21H19NO5S/c1-16-5-12-20(13-6-16)28(24,25)22(2)17-7-9-19(10-8-17)27-21(23)14-11-18-4-3-15-26-18/h3-15H,1-2H3. The van der Waals surface area contributed by atoms with Gasteiger partial charge in [-0.2, -0.15) is 0 Å². The van der Waals surface area contributed by atoms with Crippen molar-refractivity contribution < 1.29 is 22.4 Å². The highest BCUT2D eigenvalue weighted by molar-refractivity contribution is 7.92. The first-order valence-electron chi connectivity index (χ1n) is 8.45. The van der Waals surface area contributed by atoms with Gasteiger partial charge in [0.1, 0.15) is 11.5 Å². The van der Waals surface area contributed by atoms with Crippen LogP contribution in [0.2, 0.25) is 0 Å². The second kappa shape index (κ2) is 8.14. The van der Waals surface area contributed by atoms with E-state index in [0.29, 0.717) is 17.2 Å². The normalized spacial score (nSPS) is 11.5. The summed E-state index contributed by atoms with van der Waals surface area (Å²) >= 11 is 0. The predicted molar refractivity (Wildman–Crippen MR) is 107 cm³/mol. The lowest BCUT2D eigenvalue weighted by atomic mass is 10.2. The Balaban J connectivity index is 1.69. The molecule has 0 radical (unpaired) electrons. The number of esters is 1. The number of hydrogen-bond acceptors (Lipinski definition) is 5. The molecule has 1 aromatic heterocycles. The molecule has 3 rings (SSSR count). The molecule has 0 aliphatic heterocycles. The van der Waals surface area contributed by atoms with Crippen LogP contribution in [0.1, 0.15) is 11.3 Å². The van der Waals surface area contributed by atoms with Crippen LogP contribution in [-0.4, -0.2) is 21.4 Å². The molecule has 2 aromatic carbocycles. The zero-order valence-corrected chi connectivity index (χ0v) is 16.2. The highest BCUT2D eigenvalue weighted by Crippen LogP contribution is 2.24. The summed E-state index contributed by atoms with van der Waals surface area (Å²) in [5, 5.41) is 0. The van der Waals surface area contributed by atoms with Crippen LogP contribution in [-0.2, 0) is 14.8 Å². The summed E-state index contributed by atoms with van der Waals surface area (Å²) in [5.74, 6) is 0.277. The molecule has 0 N–H and O–H groups in total. The van der Waals surface area contributed by atoms with Gasteiger partial charge in [-0.3, -0.25) is 4.31 Å². The maximum Gasteiger partial charge on any atom is 0.336 e. The fraction of sp³-hybridized carbons (Fsp3) is 0.0952. The maximum absolute atomic E-state index is 12.7. The number of sulfonamides is 1. The van der Waals surface area contributed by atoms with Crippen molar-refractivity contribution in [2.45, 2.75) is 11.8 Å². The van der Waals surface area contributed by atoms with Crippen molar-refractivity contribution >= 4 is 27.8 Å². The molecule has 0 saturated heterocycles. The molecule has 7 heteroatoms. The predicted octanol–water partition coefficient (Wildman–Crippen LogP) is 4.03. The van der Waals surface area contributed by atoms with Gasteiger partial charge in [0.2, 0.25) is 0 Å². The average Bonchev–Trinajstić information content (AvgIpc) is 3.20. The number of rotatable bonds is 6. The van der Waals surface area contributed by atoms with Gasteiger partial charge < -0.3 is 9.15 Å². The first-order valence-corrected chi connectivity index (χ1v) is 9.89. The topological polar surface area (TPSA) is 76.8 Å². The number of carbonyl (C=O) groups excluding carboxylic acids is 1. The van der Waals surface area contributed by atoms with Gasteiger partial charge in [-0.05, 0) is 61.5 Å². The number of nitrogens with zero attached hydrogens (tertiary/aromatic N) is 1. The van der Waals surface area contributed by atoms with Gasteiger partial charge in [0.25, 0.3) is 10.0 Å². The Bertz CT molecular complexity index is 1070. The number of ether oxygens (including phenoxy) is 1. The number of aryl methyl sites for hydroxylation is 1. The largest absolute Gasteiger partial charge is 0.465 e. The van der Waals surface area contributed by atoms with E-state index in [1.54, 1.807) is 48.5 Å². The van der Waals surface area contributed by atoms with Gasteiger partial charge in [0.05, 0.1) is 16.8 Å². The van der Waals surface area contributed by atoms with Gasteiger partial charge in [-0.1, -0.05) is 17.7 Å². The van der Waals surface area contributed by atoms with Gasteiger partial charge >= 0.3 is 5.97 Å². The summed E-state index contributed by atoms with van der Waals surface area (Å²) in [6.45, 7) is 1.89. The Morgan fingerprint density at radius 2 is 1.71 bits per heavy atom. The maximum atomic E-state index is 12.7. The minimum Gasteiger partial charge on any atom is -0.465 e. The molecule has 0 spiro atoms. The lowest BCUT2D eigenvalue weighted by molar-refractivity contribution is -0.128. The van der Waals surface area contributed by atoms with Gasteiger partial charge in [0.15, 0.2) is 0 Å². The Morgan fingerprint density at radius 3 is 2.32 bits per heavy atom. The summed E-state index contributed by atoms with van der Waals surface area (Å²) in [5.41, 5.74) is 1.43. The van der Waals surface area contributed by atoms with E-state index in [2.05, 4.69) is 0 Å². The zero-order valence-electron chi connectivity index (χ0n) is 15.4. The van der Waals surface area contributed by atoms with E-state index in [-0.39, 0.29) is 4.90 Å². The van der Waals surface area contributed by atoms with E-state index in [1.165, 1.54) is 41.9 Å². The van der Waals surface area contributed by atoms with E-state index >= 15 is 0 Å². The molecule has 0 aliphatic rings. The number of benzene rings is 2. The van der Waals surface area contributed by atoms with E-state index in [4.69, 9.17) is 9.15 Å². The molecule has 0 bridgehead atoms. The second-order valence-electron chi connectivity index (χ2n) is 6.05. The monoisotopic (exact) mass is 397 g/mol. The molecule has 0 fully saturated rings. The number of furan rings is 1. The minimum absolute atomic E-state index is 0.208. The van der Waals surface area contributed by atoms with Crippen molar-refractivity contribution in [3.63, 3.8) is 0 Å². The Kier molecular flexibility index (Phi) is 5.65. The quantitative estimate of drug-likeness (QED) is 0.357. The fourth-order valence-corrected chi connectivity index (χ4v) is 3.61. The summed E-state index contributed by atoms with van der Waals surface area (Å²) in [7, 11) is -2.20. The average molecular weight is 397 g/mol. The van der Waals surface area contributed by atoms with Crippen molar-refractivity contribution in [3.8, 4) is 5.75 Å². The molecule has 0 saturated carbocycles. The van der Waals surface area contributed by atoms with Gasteiger partial charge in [-0.25, -0.2) is 13.2 Å². The number of hydrogen-bond donors (Lipinski definition) is 0. The molecule has 144 valence electrons. The fourth-order valence-electron chi connectivity index (χ4n) is 2.42. The molecule has 0 unspecified atom stereocenters. The van der Waals surface area contributed by atoms with Crippen molar-refractivity contribution in [1.29, 1.82) is 0 Å². The van der Waals surface area contributed by atoms with Crippen LogP contribution in [0.15, 0.2) is 82.3 Å². The molecule has 6 nitrogen and oxygen atoms in total. The number of carbonyl (C=O) groups is 1. The first kappa shape index (κ1) is 19.4. The van der Waals surface area contributed by atoms with Crippen molar-refractivity contribution in [2.24, 2.45) is 0 Å². The summed E-state index contributed by atoms with van der Waals surface area (Å²) in [6, 6.07) is 16.3. The molecule has 0 atom stereocenters. The third-order valence-corrected chi connectivity index (χ3v) is 5.82. The third kappa shape index (κ3) is 4.50. The van der Waals surface area contributed by atoms with Crippen molar-refractivity contribution in [2.75, 3.05) is 11.4 Å². The van der Waals surface area contributed by atoms with E-state index < -0.39 is 16.0 Å². The minimum atomic E-state index is -3.67. The lowest BCUT2D eigenvalue weighted by Gasteiger charge is -2.19. The zero-order chi connectivity index (χ0) is 20.1. The highest BCUT2D eigenvalue weighted by atomic mass is 32.2. The van der Waals surface area contributed by atoms with Gasteiger partial charge in [0, 0.05) is 13.1 Å². The summed E-state index contributed by atoms with van der Waals surface area (Å²) in [4.78, 5) is 12.0. The van der Waals surface area contributed by atoms with Crippen LogP contribution in [0.5, 0.6) is 5.75 Å². The van der Waals surface area contributed by atoms with Crippen LogP contribution >= 0.6 is 0 Å². The van der Waals surface area contributed by atoms with Crippen LogP contribution in [0, 0.1) is 6.92 Å². The van der Waals surface area contributed by atoms with E-state index in [1.807, 2.05) is 6.92 Å². The summed E-state index contributed by atoms with van der Waals surface area (Å²) < 4.78 is 36.9. The smallest absolute Gasteiger partial charge is 0.336 e. The van der Waals surface area contributed by atoms with Crippen LogP contribution in [0.3, 0.4) is 0 Å². The third-order valence-electron chi connectivity index (χ3n) is 4.03. The first-order chi connectivity index (χ1) is 13.4. The molecule has 0 amide bonds. The molecule has 1 heterocycles. The van der Waals surface area contributed by atoms with Crippen LogP contribution in [0.4, 0.5) is 5.69 Å². The molecular weight excluding hydrogens is 378 g/mol. The SMILES string of the molecule is Cc1ccc(S(=O)(=O)N(C)c2ccc(OC(=O)C=Cc3ccco3)cc2)cc1. The Labute approximate surface area is 163 Å². The van der Waals surface area contributed by atoms with Crippen LogP contribution < -0.4 is 9.04 Å². The summed E-state index contributed by atoms with van der Waals surface area (Å²) in [6.07, 6.45) is 4.25. The van der Waals surface area contributed by atoms with Crippen molar-refractivity contribution in [1.82, 2.24) is 0 Å². The molecular formula is C21H19NO5S. The molecule has 3 aromatic rings. The molecule has 28 heavy (non-hydrogen) atoms. The van der Waals surface area contributed by atoms with Gasteiger partial charge in [-0.15, -0.1) is 0 Å². The molecule has 0 aliphatic carbocycles. The second-order valence-corrected chi connectivity index (χ2v) is 8.02. The van der Waals surface area contributed by atoms with Crippen LogP contribution in [0.25, 0.3) is 6.08 Å². The Hall–Kier alpha value is -3.32.